The van der Waals surface area contributed by atoms with Crippen LogP contribution in [-0.2, 0) is 11.2 Å². The summed E-state index contributed by atoms with van der Waals surface area (Å²) in [5.74, 6) is -3.29. The smallest absolute Gasteiger partial charge is 0.338 e. The molecule has 0 unspecified atom stereocenters. The quantitative estimate of drug-likeness (QED) is 0.372. The molecule has 4 rings (SSSR count). The van der Waals surface area contributed by atoms with E-state index in [2.05, 4.69) is 5.32 Å². The maximum Gasteiger partial charge on any atom is 0.338 e. The number of carboxylic acid groups (broad SMARTS) is 2. The Bertz CT molecular complexity index is 1310. The van der Waals surface area contributed by atoms with Gasteiger partial charge < -0.3 is 15.5 Å². The summed E-state index contributed by atoms with van der Waals surface area (Å²) < 4.78 is 13.7. The van der Waals surface area contributed by atoms with Gasteiger partial charge in [-0.25, -0.2) is 9.18 Å². The largest absolute Gasteiger partial charge is 0.481 e. The number of aromatic carboxylic acids is 1. The average Bonchev–Trinajstić information content (AvgIpc) is 3.12. The molecular weight excluding hydrogens is 481 g/mol. The third-order valence-corrected chi connectivity index (χ3v) is 7.95. The molecule has 6 nitrogen and oxygen atoms in total. The summed E-state index contributed by atoms with van der Waals surface area (Å²) in [6.07, 6.45) is 3.03. The van der Waals surface area contributed by atoms with Crippen LogP contribution in [-0.4, -0.2) is 34.1 Å². The highest BCUT2D eigenvalue weighted by Gasteiger charge is 2.28. The first kappa shape index (κ1) is 25.6. The lowest BCUT2D eigenvalue weighted by Crippen LogP contribution is -2.39. The lowest BCUT2D eigenvalue weighted by molar-refractivity contribution is -0.142. The van der Waals surface area contributed by atoms with Gasteiger partial charge in [-0.1, -0.05) is 30.3 Å². The molecule has 8 heteroatoms. The topological polar surface area (TPSA) is 104 Å². The van der Waals surface area contributed by atoms with E-state index in [-0.39, 0.29) is 23.4 Å². The first-order chi connectivity index (χ1) is 17.1. The standard InChI is InChI=1S/C28H28FNO5S/c1-15-22(25(16(2)36-15)26(31)30-21-10-7-19(8-11-21)27(32)33)13-17-3-5-18(6-4-17)20-9-12-24(29)23(14-20)28(34)35/h3-6,9,12,14,19,21H,7-8,10-11,13H2,1-2H3,(H,30,31)(H,32,33)(H,34,35). The fourth-order valence-corrected chi connectivity index (χ4v) is 5.95. The molecule has 0 aliphatic heterocycles. The minimum absolute atomic E-state index is 0.0220. The van der Waals surface area contributed by atoms with Gasteiger partial charge in [0, 0.05) is 15.8 Å². The number of amides is 1. The predicted molar refractivity (Wildman–Crippen MR) is 136 cm³/mol. The van der Waals surface area contributed by atoms with E-state index in [0.29, 0.717) is 43.2 Å². The van der Waals surface area contributed by atoms with E-state index in [0.717, 1.165) is 32.5 Å². The second-order valence-electron chi connectivity index (χ2n) is 9.30. The first-order valence-electron chi connectivity index (χ1n) is 11.9. The number of halogens is 1. The number of carboxylic acids is 2. The zero-order valence-electron chi connectivity index (χ0n) is 20.1. The minimum Gasteiger partial charge on any atom is -0.481 e. The molecule has 3 aromatic rings. The highest BCUT2D eigenvalue weighted by Crippen LogP contribution is 2.31. The highest BCUT2D eigenvalue weighted by atomic mass is 32.1. The zero-order chi connectivity index (χ0) is 26.0. The van der Waals surface area contributed by atoms with Gasteiger partial charge in [-0.3, -0.25) is 9.59 Å². The number of thiophene rings is 1. The van der Waals surface area contributed by atoms with Crippen molar-refractivity contribution < 1.29 is 29.0 Å². The fraction of sp³-hybridized carbons (Fsp3) is 0.321. The Labute approximate surface area is 212 Å². The maximum absolute atomic E-state index is 13.7. The van der Waals surface area contributed by atoms with Crippen molar-refractivity contribution >= 4 is 29.2 Å². The van der Waals surface area contributed by atoms with Crippen LogP contribution >= 0.6 is 11.3 Å². The molecule has 0 atom stereocenters. The van der Waals surface area contributed by atoms with Crippen LogP contribution in [0.2, 0.25) is 0 Å². The molecule has 1 amide bonds. The van der Waals surface area contributed by atoms with Crippen LogP contribution in [0.15, 0.2) is 42.5 Å². The molecule has 1 aliphatic carbocycles. The maximum atomic E-state index is 13.7. The summed E-state index contributed by atoms with van der Waals surface area (Å²) in [6, 6.07) is 11.6. The van der Waals surface area contributed by atoms with Crippen LogP contribution in [0.1, 0.15) is 67.3 Å². The molecule has 36 heavy (non-hydrogen) atoms. The second-order valence-corrected chi connectivity index (χ2v) is 10.7. The van der Waals surface area contributed by atoms with Gasteiger partial charge in [-0.15, -0.1) is 11.3 Å². The number of hydrogen-bond acceptors (Lipinski definition) is 4. The van der Waals surface area contributed by atoms with Crippen LogP contribution in [0.25, 0.3) is 11.1 Å². The Balaban J connectivity index is 1.49. The van der Waals surface area contributed by atoms with Crippen LogP contribution in [0.4, 0.5) is 4.39 Å². The van der Waals surface area contributed by atoms with Gasteiger partial charge >= 0.3 is 11.9 Å². The number of carbonyl (C=O) groups is 3. The summed E-state index contributed by atoms with van der Waals surface area (Å²) in [7, 11) is 0. The lowest BCUT2D eigenvalue weighted by Gasteiger charge is -2.27. The fourth-order valence-electron chi connectivity index (χ4n) is 4.87. The van der Waals surface area contributed by atoms with Crippen LogP contribution in [0, 0.1) is 25.6 Å². The Morgan fingerprint density at radius 1 is 0.944 bits per heavy atom. The zero-order valence-corrected chi connectivity index (χ0v) is 21.0. The minimum atomic E-state index is -1.31. The number of nitrogens with one attached hydrogen (secondary N) is 1. The number of carbonyl (C=O) groups excluding carboxylic acids is 1. The molecule has 0 radical (unpaired) electrons. The Morgan fingerprint density at radius 3 is 2.19 bits per heavy atom. The Hall–Kier alpha value is -3.52. The molecule has 1 saturated carbocycles. The summed E-state index contributed by atoms with van der Waals surface area (Å²) in [5, 5.41) is 21.5. The Kier molecular flexibility index (Phi) is 7.54. The monoisotopic (exact) mass is 509 g/mol. The van der Waals surface area contributed by atoms with Gasteiger partial charge in [0.15, 0.2) is 0 Å². The van der Waals surface area contributed by atoms with E-state index in [1.54, 1.807) is 17.4 Å². The van der Waals surface area contributed by atoms with Crippen LogP contribution in [0.5, 0.6) is 0 Å². The van der Waals surface area contributed by atoms with Crippen molar-refractivity contribution in [1.82, 2.24) is 5.32 Å². The van der Waals surface area contributed by atoms with Crippen molar-refractivity contribution in [3.8, 4) is 11.1 Å². The molecule has 1 aliphatic rings. The number of benzene rings is 2. The molecule has 1 heterocycles. The van der Waals surface area contributed by atoms with Crippen molar-refractivity contribution in [3.05, 3.63) is 80.3 Å². The number of aliphatic carboxylic acids is 1. The third kappa shape index (κ3) is 5.49. The Morgan fingerprint density at radius 2 is 1.58 bits per heavy atom. The normalized spacial score (nSPS) is 17.5. The summed E-state index contributed by atoms with van der Waals surface area (Å²) in [6.45, 7) is 3.94. The van der Waals surface area contributed by atoms with Crippen molar-refractivity contribution in [2.24, 2.45) is 5.92 Å². The van der Waals surface area contributed by atoms with Gasteiger partial charge in [0.05, 0.1) is 17.0 Å². The van der Waals surface area contributed by atoms with Gasteiger partial charge in [-0.2, -0.15) is 0 Å². The van der Waals surface area contributed by atoms with Gasteiger partial charge in [-0.05, 0) is 80.3 Å². The summed E-state index contributed by atoms with van der Waals surface area (Å²) >= 11 is 1.59. The second kappa shape index (κ2) is 10.6. The van der Waals surface area contributed by atoms with Gasteiger partial charge in [0.25, 0.3) is 5.91 Å². The van der Waals surface area contributed by atoms with E-state index in [9.17, 15) is 29.0 Å². The van der Waals surface area contributed by atoms with Crippen LogP contribution < -0.4 is 5.32 Å². The summed E-state index contributed by atoms with van der Waals surface area (Å²) in [5.41, 5.74) is 3.67. The van der Waals surface area contributed by atoms with E-state index >= 15 is 0 Å². The predicted octanol–water partition coefficient (Wildman–Crippen LogP) is 5.83. The molecule has 2 aromatic carbocycles. The van der Waals surface area contributed by atoms with E-state index < -0.39 is 17.8 Å². The summed E-state index contributed by atoms with van der Waals surface area (Å²) in [4.78, 5) is 37.7. The highest BCUT2D eigenvalue weighted by molar-refractivity contribution is 7.12. The van der Waals surface area contributed by atoms with Crippen molar-refractivity contribution in [2.45, 2.75) is 52.0 Å². The van der Waals surface area contributed by atoms with Crippen molar-refractivity contribution in [3.63, 3.8) is 0 Å². The van der Waals surface area contributed by atoms with Crippen molar-refractivity contribution in [1.29, 1.82) is 0 Å². The SMILES string of the molecule is Cc1sc(C)c(C(=O)NC2CCC(C(=O)O)CC2)c1Cc1ccc(-c2ccc(F)c(C(=O)O)c2)cc1. The molecule has 0 spiro atoms. The molecular formula is C28H28FNO5S. The van der Waals surface area contributed by atoms with E-state index in [1.165, 1.54) is 6.07 Å². The van der Waals surface area contributed by atoms with Gasteiger partial charge in [0.2, 0.25) is 0 Å². The molecule has 1 aromatic heterocycles. The molecule has 188 valence electrons. The number of hydrogen-bond donors (Lipinski definition) is 3. The third-order valence-electron chi connectivity index (χ3n) is 6.89. The van der Waals surface area contributed by atoms with E-state index in [1.807, 2.05) is 38.1 Å². The molecule has 3 N–H and O–H groups in total. The van der Waals surface area contributed by atoms with Crippen molar-refractivity contribution in [2.75, 3.05) is 0 Å². The number of aryl methyl sites for hydroxylation is 2. The van der Waals surface area contributed by atoms with Gasteiger partial charge in [0.1, 0.15) is 5.82 Å². The molecule has 0 saturated heterocycles. The number of rotatable bonds is 7. The lowest BCUT2D eigenvalue weighted by atomic mass is 9.86. The molecule has 0 bridgehead atoms. The first-order valence-corrected chi connectivity index (χ1v) is 12.7. The van der Waals surface area contributed by atoms with Crippen LogP contribution in [0.3, 0.4) is 0 Å². The van der Waals surface area contributed by atoms with E-state index in [4.69, 9.17) is 0 Å². The average molecular weight is 510 g/mol. The molecule has 1 fully saturated rings.